The maximum atomic E-state index is 3.35. The maximum absolute atomic E-state index is 3.35. The van der Waals surface area contributed by atoms with E-state index in [1.54, 1.807) is 0 Å². The first-order chi connectivity index (χ1) is 7.27. The molecule has 0 saturated heterocycles. The number of benzene rings is 1. The van der Waals surface area contributed by atoms with Crippen LogP contribution in [-0.4, -0.2) is 6.54 Å². The molecule has 0 aliphatic rings. The van der Waals surface area contributed by atoms with Crippen LogP contribution in [0.25, 0.3) is 0 Å². The molecule has 1 rings (SSSR count). The van der Waals surface area contributed by atoms with Crippen LogP contribution in [0, 0.1) is 6.92 Å². The molecule has 0 bridgehead atoms. The molecule has 0 aliphatic heterocycles. The van der Waals surface area contributed by atoms with Crippen molar-refractivity contribution in [3.63, 3.8) is 0 Å². The quantitative estimate of drug-likeness (QED) is 0.750. The van der Waals surface area contributed by atoms with Gasteiger partial charge in [0.05, 0.1) is 0 Å². The van der Waals surface area contributed by atoms with E-state index in [1.165, 1.54) is 36.0 Å². The van der Waals surface area contributed by atoms with Crippen molar-refractivity contribution in [2.45, 2.75) is 46.6 Å². The minimum atomic E-state index is 0.991. The minimum Gasteiger partial charge on any atom is -0.313 e. The van der Waals surface area contributed by atoms with E-state index in [9.17, 15) is 0 Å². The molecule has 0 amide bonds. The molecule has 0 heterocycles. The first-order valence-electron chi connectivity index (χ1n) is 6.07. The van der Waals surface area contributed by atoms with Crippen molar-refractivity contribution in [2.75, 3.05) is 6.54 Å². The molecule has 1 heteroatoms. The zero-order valence-electron chi connectivity index (χ0n) is 10.3. The minimum absolute atomic E-state index is 0.991. The van der Waals surface area contributed by atoms with Gasteiger partial charge in [-0.25, -0.2) is 0 Å². The van der Waals surface area contributed by atoms with Gasteiger partial charge in [0.2, 0.25) is 0 Å². The fourth-order valence-corrected chi connectivity index (χ4v) is 1.79. The van der Waals surface area contributed by atoms with Gasteiger partial charge < -0.3 is 5.32 Å². The molecule has 0 radical (unpaired) electrons. The Labute approximate surface area is 93.9 Å². The number of rotatable bonds is 6. The third-order valence-corrected chi connectivity index (χ3v) is 2.79. The molecule has 0 unspecified atom stereocenters. The van der Waals surface area contributed by atoms with E-state index in [2.05, 4.69) is 44.3 Å². The van der Waals surface area contributed by atoms with E-state index < -0.39 is 0 Å². The SMILES string of the molecule is CCCCc1ccc(CNCC)cc1C. The highest BCUT2D eigenvalue weighted by Crippen LogP contribution is 2.13. The second-order valence-corrected chi connectivity index (χ2v) is 4.14. The molecule has 1 nitrogen and oxygen atoms in total. The second kappa shape index (κ2) is 6.62. The van der Waals surface area contributed by atoms with Crippen molar-refractivity contribution in [1.29, 1.82) is 0 Å². The van der Waals surface area contributed by atoms with E-state index in [4.69, 9.17) is 0 Å². The topological polar surface area (TPSA) is 12.0 Å². The van der Waals surface area contributed by atoms with E-state index in [0.29, 0.717) is 0 Å². The Morgan fingerprint density at radius 3 is 2.60 bits per heavy atom. The highest BCUT2D eigenvalue weighted by molar-refractivity contribution is 5.31. The summed E-state index contributed by atoms with van der Waals surface area (Å²) >= 11 is 0. The molecule has 1 aromatic rings. The van der Waals surface area contributed by atoms with Crippen LogP contribution >= 0.6 is 0 Å². The van der Waals surface area contributed by atoms with Gasteiger partial charge in [-0.1, -0.05) is 38.5 Å². The van der Waals surface area contributed by atoms with Crippen LogP contribution in [0.4, 0.5) is 0 Å². The summed E-state index contributed by atoms with van der Waals surface area (Å²) in [6.45, 7) is 8.64. The molecule has 0 aromatic heterocycles. The lowest BCUT2D eigenvalue weighted by atomic mass is 10.0. The lowest BCUT2D eigenvalue weighted by molar-refractivity contribution is 0.725. The Morgan fingerprint density at radius 1 is 1.20 bits per heavy atom. The van der Waals surface area contributed by atoms with Crippen molar-refractivity contribution in [2.24, 2.45) is 0 Å². The summed E-state index contributed by atoms with van der Waals surface area (Å²) in [7, 11) is 0. The molecule has 0 atom stereocenters. The highest BCUT2D eigenvalue weighted by Gasteiger charge is 1.99. The maximum Gasteiger partial charge on any atom is 0.0205 e. The number of nitrogens with one attached hydrogen (secondary N) is 1. The van der Waals surface area contributed by atoms with Crippen LogP contribution < -0.4 is 5.32 Å². The molecule has 84 valence electrons. The fourth-order valence-electron chi connectivity index (χ4n) is 1.79. The number of unbranched alkanes of at least 4 members (excludes halogenated alkanes) is 1. The zero-order chi connectivity index (χ0) is 11.1. The highest BCUT2D eigenvalue weighted by atomic mass is 14.8. The summed E-state index contributed by atoms with van der Waals surface area (Å²) in [5, 5.41) is 3.35. The number of aryl methyl sites for hydroxylation is 2. The van der Waals surface area contributed by atoms with Crippen LogP contribution in [0.3, 0.4) is 0 Å². The van der Waals surface area contributed by atoms with Crippen molar-refractivity contribution in [3.8, 4) is 0 Å². The smallest absolute Gasteiger partial charge is 0.0205 e. The van der Waals surface area contributed by atoms with E-state index in [0.717, 1.165) is 13.1 Å². The third kappa shape index (κ3) is 4.05. The number of hydrogen-bond acceptors (Lipinski definition) is 1. The third-order valence-electron chi connectivity index (χ3n) is 2.79. The Balaban J connectivity index is 2.61. The molecule has 0 saturated carbocycles. The van der Waals surface area contributed by atoms with Gasteiger partial charge in [-0.3, -0.25) is 0 Å². The molecule has 15 heavy (non-hydrogen) atoms. The average molecular weight is 205 g/mol. The predicted octanol–water partition coefficient (Wildman–Crippen LogP) is 3.45. The summed E-state index contributed by atoms with van der Waals surface area (Å²) in [5.74, 6) is 0. The van der Waals surface area contributed by atoms with Gasteiger partial charge in [0, 0.05) is 6.54 Å². The first-order valence-corrected chi connectivity index (χ1v) is 6.07. The van der Waals surface area contributed by atoms with Crippen molar-refractivity contribution < 1.29 is 0 Å². The molecule has 0 fully saturated rings. The van der Waals surface area contributed by atoms with Gasteiger partial charge in [-0.2, -0.15) is 0 Å². The average Bonchev–Trinajstić information content (AvgIpc) is 2.25. The van der Waals surface area contributed by atoms with Crippen molar-refractivity contribution in [1.82, 2.24) is 5.32 Å². The Hall–Kier alpha value is -0.820. The molecule has 1 N–H and O–H groups in total. The van der Waals surface area contributed by atoms with Crippen LogP contribution in [0.2, 0.25) is 0 Å². The molecule has 0 spiro atoms. The van der Waals surface area contributed by atoms with Crippen LogP contribution in [0.5, 0.6) is 0 Å². The lowest BCUT2D eigenvalue weighted by Crippen LogP contribution is -2.11. The van der Waals surface area contributed by atoms with Gasteiger partial charge in [-0.15, -0.1) is 0 Å². The summed E-state index contributed by atoms with van der Waals surface area (Å²) in [6, 6.07) is 6.85. The van der Waals surface area contributed by atoms with Gasteiger partial charge in [0.15, 0.2) is 0 Å². The summed E-state index contributed by atoms with van der Waals surface area (Å²) in [4.78, 5) is 0. The Kier molecular flexibility index (Phi) is 5.41. The standard InChI is InChI=1S/C14H23N/c1-4-6-7-14-9-8-13(10-12(14)3)11-15-5-2/h8-10,15H,4-7,11H2,1-3H3. The monoisotopic (exact) mass is 205 g/mol. The Morgan fingerprint density at radius 2 is 2.00 bits per heavy atom. The number of hydrogen-bond donors (Lipinski definition) is 1. The summed E-state index contributed by atoms with van der Waals surface area (Å²) in [6.07, 6.45) is 3.80. The van der Waals surface area contributed by atoms with Crippen LogP contribution in [0.1, 0.15) is 43.4 Å². The van der Waals surface area contributed by atoms with E-state index >= 15 is 0 Å². The molecular formula is C14H23N. The first kappa shape index (κ1) is 12.3. The van der Waals surface area contributed by atoms with E-state index in [1.807, 2.05) is 0 Å². The normalized spacial score (nSPS) is 10.6. The van der Waals surface area contributed by atoms with Crippen molar-refractivity contribution in [3.05, 3.63) is 34.9 Å². The lowest BCUT2D eigenvalue weighted by Gasteiger charge is -2.08. The van der Waals surface area contributed by atoms with Crippen molar-refractivity contribution >= 4 is 0 Å². The second-order valence-electron chi connectivity index (χ2n) is 4.14. The van der Waals surface area contributed by atoms with Crippen LogP contribution in [-0.2, 0) is 13.0 Å². The summed E-state index contributed by atoms with van der Waals surface area (Å²) < 4.78 is 0. The molecule has 1 aromatic carbocycles. The van der Waals surface area contributed by atoms with Crippen LogP contribution in [0.15, 0.2) is 18.2 Å². The fraction of sp³-hybridized carbons (Fsp3) is 0.571. The van der Waals surface area contributed by atoms with Gasteiger partial charge in [0.1, 0.15) is 0 Å². The van der Waals surface area contributed by atoms with E-state index in [-0.39, 0.29) is 0 Å². The van der Waals surface area contributed by atoms with Gasteiger partial charge in [-0.05, 0) is 43.0 Å². The summed E-state index contributed by atoms with van der Waals surface area (Å²) in [5.41, 5.74) is 4.35. The molecular weight excluding hydrogens is 182 g/mol. The van der Waals surface area contributed by atoms with Gasteiger partial charge >= 0.3 is 0 Å². The molecule has 0 aliphatic carbocycles. The van der Waals surface area contributed by atoms with Gasteiger partial charge in [0.25, 0.3) is 0 Å². The zero-order valence-corrected chi connectivity index (χ0v) is 10.3. The Bertz CT molecular complexity index is 291. The predicted molar refractivity (Wildman–Crippen MR) is 67.2 cm³/mol. The largest absolute Gasteiger partial charge is 0.313 e.